The molecule has 1 atom stereocenters. The molecule has 6 nitrogen and oxygen atoms in total. The molecule has 154 valence electrons. The number of hydrogen-bond donors (Lipinski definition) is 0. The number of hydrogen-bond acceptors (Lipinski definition) is 3. The van der Waals surface area contributed by atoms with E-state index in [0.717, 1.165) is 49.8 Å². The normalized spacial score (nSPS) is 20.0. The van der Waals surface area contributed by atoms with E-state index in [1.807, 2.05) is 53.2 Å². The topological polar surface area (TPSA) is 58.4 Å². The van der Waals surface area contributed by atoms with Gasteiger partial charge in [-0.25, -0.2) is 4.68 Å². The minimum Gasteiger partial charge on any atom is -0.340 e. The molecule has 0 spiro atoms. The lowest BCUT2D eigenvalue weighted by Gasteiger charge is -2.32. The van der Waals surface area contributed by atoms with E-state index in [4.69, 9.17) is 0 Å². The van der Waals surface area contributed by atoms with Crippen LogP contribution in [-0.4, -0.2) is 51.0 Å². The summed E-state index contributed by atoms with van der Waals surface area (Å²) in [4.78, 5) is 29.7. The van der Waals surface area contributed by atoms with Gasteiger partial charge in [-0.05, 0) is 37.8 Å². The average molecular weight is 395 g/mol. The largest absolute Gasteiger partial charge is 0.340 e. The van der Waals surface area contributed by atoms with Crippen molar-refractivity contribution >= 4 is 11.8 Å². The van der Waals surface area contributed by atoms with Crippen LogP contribution in [0.1, 0.15) is 50.5 Å². The Labute approximate surface area is 172 Å². The fraction of sp³-hybridized carbons (Fsp3) is 0.522. The van der Waals surface area contributed by atoms with Crippen molar-refractivity contribution in [1.29, 1.82) is 0 Å². The van der Waals surface area contributed by atoms with Crippen LogP contribution in [0.2, 0.25) is 0 Å². The predicted molar refractivity (Wildman–Crippen MR) is 111 cm³/mol. The molecule has 1 aliphatic heterocycles. The van der Waals surface area contributed by atoms with E-state index in [9.17, 15) is 9.59 Å². The number of likely N-dealkylation sites (tertiary alicyclic amines) is 1. The van der Waals surface area contributed by atoms with Gasteiger partial charge < -0.3 is 9.80 Å². The number of nitrogens with zero attached hydrogens (tertiary/aromatic N) is 4. The summed E-state index contributed by atoms with van der Waals surface area (Å²) in [5.74, 6) is 0.358. The third-order valence-corrected chi connectivity index (χ3v) is 6.23. The highest BCUT2D eigenvalue weighted by atomic mass is 16.2. The van der Waals surface area contributed by atoms with Gasteiger partial charge in [0.1, 0.15) is 6.04 Å². The first-order chi connectivity index (χ1) is 14.1. The van der Waals surface area contributed by atoms with Crippen LogP contribution in [-0.2, 0) is 16.1 Å². The lowest BCUT2D eigenvalue weighted by Crippen LogP contribution is -2.48. The lowest BCUT2D eigenvalue weighted by molar-refractivity contribution is -0.146. The number of aromatic nitrogens is 2. The molecule has 2 heterocycles. The van der Waals surface area contributed by atoms with Crippen molar-refractivity contribution in [2.75, 3.05) is 13.6 Å². The highest BCUT2D eigenvalue weighted by Crippen LogP contribution is 2.29. The highest BCUT2D eigenvalue weighted by Gasteiger charge is 2.38. The molecule has 1 aliphatic carbocycles. The van der Waals surface area contributed by atoms with Crippen molar-refractivity contribution < 1.29 is 9.59 Å². The van der Waals surface area contributed by atoms with E-state index in [1.54, 1.807) is 11.1 Å². The molecule has 1 saturated heterocycles. The molecule has 4 rings (SSSR count). The third-order valence-electron chi connectivity index (χ3n) is 6.23. The van der Waals surface area contributed by atoms with Gasteiger partial charge in [0.25, 0.3) is 0 Å². The first-order valence-electron chi connectivity index (χ1n) is 10.8. The summed E-state index contributed by atoms with van der Waals surface area (Å²) >= 11 is 0. The average Bonchev–Trinajstić information content (AvgIpc) is 3.44. The van der Waals surface area contributed by atoms with E-state index >= 15 is 0 Å². The monoisotopic (exact) mass is 394 g/mol. The second-order valence-electron chi connectivity index (χ2n) is 8.35. The van der Waals surface area contributed by atoms with Crippen molar-refractivity contribution in [2.45, 2.75) is 57.5 Å². The Morgan fingerprint density at radius 1 is 1.07 bits per heavy atom. The number of carbonyl (C=O) groups is 2. The highest BCUT2D eigenvalue weighted by molar-refractivity contribution is 5.89. The molecular formula is C23H30N4O2. The van der Waals surface area contributed by atoms with Gasteiger partial charge in [0, 0.05) is 37.8 Å². The second kappa shape index (κ2) is 8.80. The van der Waals surface area contributed by atoms with Crippen molar-refractivity contribution in [3.05, 3.63) is 48.3 Å². The molecule has 1 unspecified atom stereocenters. The Morgan fingerprint density at radius 2 is 1.83 bits per heavy atom. The van der Waals surface area contributed by atoms with Crippen molar-refractivity contribution in [1.82, 2.24) is 19.6 Å². The Kier molecular flexibility index (Phi) is 5.97. The van der Waals surface area contributed by atoms with Crippen LogP contribution >= 0.6 is 0 Å². The molecule has 2 amide bonds. The molecule has 0 radical (unpaired) electrons. The van der Waals surface area contributed by atoms with Gasteiger partial charge in [-0.3, -0.25) is 9.59 Å². The molecule has 6 heteroatoms. The summed E-state index contributed by atoms with van der Waals surface area (Å²) in [6.07, 6.45) is 10.9. The summed E-state index contributed by atoms with van der Waals surface area (Å²) < 4.78 is 1.82. The molecule has 0 N–H and O–H groups in total. The molecule has 1 aromatic heterocycles. The second-order valence-corrected chi connectivity index (χ2v) is 8.35. The first kappa shape index (κ1) is 19.7. The van der Waals surface area contributed by atoms with Crippen molar-refractivity contribution in [2.24, 2.45) is 5.92 Å². The lowest BCUT2D eigenvalue weighted by atomic mass is 9.88. The molecule has 0 bridgehead atoms. The van der Waals surface area contributed by atoms with Gasteiger partial charge in [-0.2, -0.15) is 5.10 Å². The van der Waals surface area contributed by atoms with Gasteiger partial charge in [0.2, 0.25) is 11.8 Å². The zero-order chi connectivity index (χ0) is 20.2. The van der Waals surface area contributed by atoms with E-state index < -0.39 is 0 Å². The van der Waals surface area contributed by atoms with Gasteiger partial charge in [-0.1, -0.05) is 37.5 Å². The minimum atomic E-state index is -0.307. The third kappa shape index (κ3) is 4.36. The van der Waals surface area contributed by atoms with Gasteiger partial charge >= 0.3 is 0 Å². The molecule has 2 aliphatic rings. The molecule has 29 heavy (non-hydrogen) atoms. The van der Waals surface area contributed by atoms with E-state index in [2.05, 4.69) is 5.10 Å². The number of benzene rings is 1. The van der Waals surface area contributed by atoms with E-state index in [-0.39, 0.29) is 23.8 Å². The summed E-state index contributed by atoms with van der Waals surface area (Å²) in [6, 6.07) is 9.62. The zero-order valence-electron chi connectivity index (χ0n) is 17.2. The maximum Gasteiger partial charge on any atom is 0.245 e. The van der Waals surface area contributed by atoms with Crippen LogP contribution in [0.15, 0.2) is 42.7 Å². The van der Waals surface area contributed by atoms with Crippen LogP contribution < -0.4 is 0 Å². The maximum absolute atomic E-state index is 13.1. The molecule has 2 aromatic rings. The first-order valence-corrected chi connectivity index (χ1v) is 10.8. The van der Waals surface area contributed by atoms with E-state index in [1.165, 1.54) is 6.42 Å². The number of carbonyl (C=O) groups excluding carboxylic acids is 2. The molecular weight excluding hydrogens is 364 g/mol. The minimum absolute atomic E-state index is 0.0409. The van der Waals surface area contributed by atoms with Crippen molar-refractivity contribution in [3.63, 3.8) is 0 Å². The smallest absolute Gasteiger partial charge is 0.245 e. The van der Waals surface area contributed by atoms with Crippen molar-refractivity contribution in [3.8, 4) is 5.69 Å². The number of amides is 2. The number of para-hydroxylation sites is 1. The van der Waals surface area contributed by atoms with Gasteiger partial charge in [0.05, 0.1) is 11.9 Å². The summed E-state index contributed by atoms with van der Waals surface area (Å²) in [7, 11) is 1.82. The van der Waals surface area contributed by atoms with Crippen LogP contribution in [0.3, 0.4) is 0 Å². The summed E-state index contributed by atoms with van der Waals surface area (Å²) in [6.45, 7) is 1.21. The van der Waals surface area contributed by atoms with Crippen LogP contribution in [0.4, 0.5) is 0 Å². The van der Waals surface area contributed by atoms with Crippen LogP contribution in [0.5, 0.6) is 0 Å². The fourth-order valence-corrected chi connectivity index (χ4v) is 4.64. The fourth-order valence-electron chi connectivity index (χ4n) is 4.64. The van der Waals surface area contributed by atoms with Crippen LogP contribution in [0, 0.1) is 5.92 Å². The van der Waals surface area contributed by atoms with Gasteiger partial charge in [-0.15, -0.1) is 0 Å². The summed E-state index contributed by atoms with van der Waals surface area (Å²) in [5.41, 5.74) is 1.97. The Morgan fingerprint density at radius 3 is 2.59 bits per heavy atom. The molecule has 1 saturated carbocycles. The summed E-state index contributed by atoms with van der Waals surface area (Å²) in [5, 5.41) is 4.41. The Hall–Kier alpha value is -2.63. The standard InChI is InChI=1S/C23H30N4O2/c1-25(16-18-15-24-27(17-18)20-11-6-3-7-12-20)23(29)21-13-8-14-26(21)22(28)19-9-4-2-5-10-19/h3,6-7,11-12,15,17,19,21H,2,4-5,8-10,13-14,16H2,1H3. The SMILES string of the molecule is CN(Cc1cnn(-c2ccccc2)c1)C(=O)C1CCCN1C(=O)C1CCCCC1. The number of likely N-dealkylation sites (N-methyl/N-ethyl adjacent to an activating group) is 1. The van der Waals surface area contributed by atoms with Crippen LogP contribution in [0.25, 0.3) is 5.69 Å². The van der Waals surface area contributed by atoms with Gasteiger partial charge in [0.15, 0.2) is 0 Å². The predicted octanol–water partition coefficient (Wildman–Crippen LogP) is 3.40. The van der Waals surface area contributed by atoms with E-state index in [0.29, 0.717) is 13.1 Å². The number of rotatable bonds is 5. The zero-order valence-corrected chi connectivity index (χ0v) is 17.2. The maximum atomic E-state index is 13.1. The molecule has 2 fully saturated rings. The molecule has 1 aromatic carbocycles. The Bertz CT molecular complexity index is 842. The quantitative estimate of drug-likeness (QED) is 0.781. The Balaban J connectivity index is 1.39.